The van der Waals surface area contributed by atoms with Crippen LogP contribution in [0, 0.1) is 0 Å². The number of hydrogen-bond acceptors (Lipinski definition) is 2. The molecule has 1 heterocycles. The van der Waals surface area contributed by atoms with E-state index < -0.39 is 0 Å². The quantitative estimate of drug-likeness (QED) is 0.918. The molecule has 0 aliphatic heterocycles. The maximum Gasteiger partial charge on any atom is 0.270 e. The van der Waals surface area contributed by atoms with Gasteiger partial charge in [0.05, 0.1) is 6.04 Å². The van der Waals surface area contributed by atoms with Crippen LogP contribution >= 0.6 is 27.5 Å². The molecule has 0 aliphatic carbocycles. The van der Waals surface area contributed by atoms with Crippen molar-refractivity contribution in [1.29, 1.82) is 0 Å². The van der Waals surface area contributed by atoms with E-state index in [9.17, 15) is 4.79 Å². The monoisotopic (exact) mass is 338 g/mol. The van der Waals surface area contributed by atoms with Gasteiger partial charge in [0.1, 0.15) is 5.69 Å². The fourth-order valence-corrected chi connectivity index (χ4v) is 1.98. The van der Waals surface area contributed by atoms with E-state index in [1.54, 1.807) is 30.5 Å². The number of nitrogens with zero attached hydrogens (tertiary/aromatic N) is 1. The highest BCUT2D eigenvalue weighted by Crippen LogP contribution is 2.16. The van der Waals surface area contributed by atoms with Crippen LogP contribution in [0.2, 0.25) is 5.02 Å². The Morgan fingerprint density at radius 1 is 1.26 bits per heavy atom. The Kier molecular flexibility index (Phi) is 4.56. The summed E-state index contributed by atoms with van der Waals surface area (Å²) in [4.78, 5) is 16.1. The smallest absolute Gasteiger partial charge is 0.270 e. The Bertz CT molecular complexity index is 569. The highest BCUT2D eigenvalue weighted by molar-refractivity contribution is 9.10. The highest BCUT2D eigenvalue weighted by atomic mass is 79.9. The Labute approximate surface area is 125 Å². The molecule has 1 aromatic heterocycles. The summed E-state index contributed by atoms with van der Waals surface area (Å²) in [6, 6.07) is 10.7. The molecule has 3 nitrogen and oxygen atoms in total. The van der Waals surface area contributed by atoms with E-state index in [1.165, 1.54) is 0 Å². The molecule has 0 saturated heterocycles. The molecule has 5 heteroatoms. The van der Waals surface area contributed by atoms with Gasteiger partial charge in [-0.05, 0) is 52.7 Å². The van der Waals surface area contributed by atoms with Gasteiger partial charge in [0.15, 0.2) is 0 Å². The van der Waals surface area contributed by atoms with Gasteiger partial charge in [0.25, 0.3) is 5.91 Å². The van der Waals surface area contributed by atoms with Crippen molar-refractivity contribution in [2.24, 2.45) is 0 Å². The van der Waals surface area contributed by atoms with E-state index in [0.717, 1.165) is 10.0 Å². The number of carbonyl (C=O) groups excluding carboxylic acids is 1. The van der Waals surface area contributed by atoms with Gasteiger partial charge in [-0.3, -0.25) is 4.79 Å². The zero-order valence-electron chi connectivity index (χ0n) is 10.2. The number of halogens is 2. The molecule has 19 heavy (non-hydrogen) atoms. The third-order valence-electron chi connectivity index (χ3n) is 2.68. The zero-order valence-corrected chi connectivity index (χ0v) is 12.6. The van der Waals surface area contributed by atoms with Crippen LogP contribution < -0.4 is 5.32 Å². The van der Waals surface area contributed by atoms with Crippen molar-refractivity contribution in [3.63, 3.8) is 0 Å². The second-order valence-electron chi connectivity index (χ2n) is 4.11. The van der Waals surface area contributed by atoms with Crippen LogP contribution in [0.15, 0.2) is 47.1 Å². The number of hydrogen-bond donors (Lipinski definition) is 1. The van der Waals surface area contributed by atoms with Gasteiger partial charge in [-0.25, -0.2) is 4.98 Å². The third-order valence-corrected chi connectivity index (χ3v) is 3.40. The van der Waals surface area contributed by atoms with Crippen LogP contribution in [0.5, 0.6) is 0 Å². The number of aromatic nitrogens is 1. The first-order valence-electron chi connectivity index (χ1n) is 5.74. The van der Waals surface area contributed by atoms with Crippen LogP contribution in [-0.2, 0) is 0 Å². The molecular weight excluding hydrogens is 328 g/mol. The lowest BCUT2D eigenvalue weighted by Crippen LogP contribution is -2.27. The van der Waals surface area contributed by atoms with Crippen molar-refractivity contribution >= 4 is 33.4 Å². The van der Waals surface area contributed by atoms with E-state index in [-0.39, 0.29) is 11.9 Å². The molecule has 0 saturated carbocycles. The lowest BCUT2D eigenvalue weighted by Gasteiger charge is -2.14. The standard InChI is InChI=1S/C14H12BrClN2O/c1-9(10-2-5-12(16)6-3-10)18-14(19)13-7-4-11(15)8-17-13/h2-9H,1H3,(H,18,19). The summed E-state index contributed by atoms with van der Waals surface area (Å²) in [5.41, 5.74) is 1.39. The number of carbonyl (C=O) groups is 1. The van der Waals surface area contributed by atoms with Crippen molar-refractivity contribution in [2.75, 3.05) is 0 Å². The van der Waals surface area contributed by atoms with Gasteiger partial charge in [-0.1, -0.05) is 23.7 Å². The summed E-state index contributed by atoms with van der Waals surface area (Å²) in [5.74, 6) is -0.199. The van der Waals surface area contributed by atoms with Crippen molar-refractivity contribution in [3.05, 3.63) is 63.3 Å². The second kappa shape index (κ2) is 6.17. The molecule has 2 aromatic rings. The average Bonchev–Trinajstić information content (AvgIpc) is 2.40. The summed E-state index contributed by atoms with van der Waals surface area (Å²) >= 11 is 9.11. The van der Waals surface area contributed by atoms with E-state index in [4.69, 9.17) is 11.6 Å². The summed E-state index contributed by atoms with van der Waals surface area (Å²) in [7, 11) is 0. The minimum atomic E-state index is -0.199. The fourth-order valence-electron chi connectivity index (χ4n) is 1.62. The minimum Gasteiger partial charge on any atom is -0.344 e. The lowest BCUT2D eigenvalue weighted by atomic mass is 10.1. The van der Waals surface area contributed by atoms with E-state index in [1.807, 2.05) is 19.1 Å². The van der Waals surface area contributed by atoms with E-state index in [0.29, 0.717) is 10.7 Å². The first kappa shape index (κ1) is 14.0. The first-order chi connectivity index (χ1) is 9.06. The van der Waals surface area contributed by atoms with Gasteiger partial charge >= 0.3 is 0 Å². The summed E-state index contributed by atoms with van der Waals surface area (Å²) in [5, 5.41) is 3.57. The van der Waals surface area contributed by atoms with Crippen molar-refractivity contribution in [3.8, 4) is 0 Å². The largest absolute Gasteiger partial charge is 0.344 e. The number of pyridine rings is 1. The number of amides is 1. The number of nitrogens with one attached hydrogen (secondary N) is 1. The normalized spacial score (nSPS) is 11.9. The van der Waals surface area contributed by atoms with Gasteiger partial charge in [0.2, 0.25) is 0 Å². The topological polar surface area (TPSA) is 42.0 Å². The van der Waals surface area contributed by atoms with E-state index >= 15 is 0 Å². The molecule has 1 aromatic carbocycles. The Hall–Kier alpha value is -1.39. The molecule has 0 bridgehead atoms. The molecule has 0 fully saturated rings. The lowest BCUT2D eigenvalue weighted by molar-refractivity contribution is 0.0935. The molecule has 1 unspecified atom stereocenters. The molecule has 0 radical (unpaired) electrons. The zero-order chi connectivity index (χ0) is 13.8. The second-order valence-corrected chi connectivity index (χ2v) is 5.46. The summed E-state index contributed by atoms with van der Waals surface area (Å²) < 4.78 is 0.842. The average molecular weight is 340 g/mol. The maximum atomic E-state index is 12.0. The first-order valence-corrected chi connectivity index (χ1v) is 6.91. The molecule has 1 N–H and O–H groups in total. The van der Waals surface area contributed by atoms with Crippen LogP contribution in [0.4, 0.5) is 0 Å². The van der Waals surface area contributed by atoms with E-state index in [2.05, 4.69) is 26.2 Å². The van der Waals surface area contributed by atoms with Crippen LogP contribution in [0.1, 0.15) is 29.0 Å². The van der Waals surface area contributed by atoms with Crippen molar-refractivity contribution < 1.29 is 4.79 Å². The molecule has 1 atom stereocenters. The number of benzene rings is 1. The summed E-state index contributed by atoms with van der Waals surface area (Å²) in [6.45, 7) is 1.92. The predicted molar refractivity (Wildman–Crippen MR) is 79.3 cm³/mol. The molecular formula is C14H12BrClN2O. The molecule has 1 amide bonds. The van der Waals surface area contributed by atoms with Gasteiger partial charge < -0.3 is 5.32 Å². The third kappa shape index (κ3) is 3.78. The molecule has 0 aliphatic rings. The van der Waals surface area contributed by atoms with Gasteiger partial charge in [-0.15, -0.1) is 0 Å². The minimum absolute atomic E-state index is 0.102. The Balaban J connectivity index is 2.06. The Morgan fingerprint density at radius 2 is 1.95 bits per heavy atom. The predicted octanol–water partition coefficient (Wildman–Crippen LogP) is 3.99. The van der Waals surface area contributed by atoms with Crippen LogP contribution in [0.25, 0.3) is 0 Å². The van der Waals surface area contributed by atoms with Crippen molar-refractivity contribution in [2.45, 2.75) is 13.0 Å². The van der Waals surface area contributed by atoms with Gasteiger partial charge in [-0.2, -0.15) is 0 Å². The fraction of sp³-hybridized carbons (Fsp3) is 0.143. The SMILES string of the molecule is CC(NC(=O)c1ccc(Br)cn1)c1ccc(Cl)cc1. The number of rotatable bonds is 3. The highest BCUT2D eigenvalue weighted by Gasteiger charge is 2.12. The molecule has 2 rings (SSSR count). The Morgan fingerprint density at radius 3 is 2.53 bits per heavy atom. The van der Waals surface area contributed by atoms with Gasteiger partial charge in [0, 0.05) is 15.7 Å². The van der Waals surface area contributed by atoms with Crippen LogP contribution in [0.3, 0.4) is 0 Å². The molecule has 0 spiro atoms. The summed E-state index contributed by atoms with van der Waals surface area (Å²) in [6.07, 6.45) is 1.60. The molecule has 98 valence electrons. The van der Waals surface area contributed by atoms with Crippen molar-refractivity contribution in [1.82, 2.24) is 10.3 Å². The van der Waals surface area contributed by atoms with Crippen LogP contribution in [-0.4, -0.2) is 10.9 Å². The maximum absolute atomic E-state index is 12.0.